The number of halogens is 1. The van der Waals surface area contributed by atoms with E-state index in [9.17, 15) is 9.59 Å². The van der Waals surface area contributed by atoms with Gasteiger partial charge in [0.25, 0.3) is 0 Å². The summed E-state index contributed by atoms with van der Waals surface area (Å²) < 4.78 is 0.873. The van der Waals surface area contributed by atoms with E-state index in [0.29, 0.717) is 19.0 Å². The smallest absolute Gasteiger partial charge is 0.229 e. The van der Waals surface area contributed by atoms with Crippen LogP contribution in [0.25, 0.3) is 0 Å². The number of rotatable bonds is 3. The molecule has 1 aliphatic carbocycles. The summed E-state index contributed by atoms with van der Waals surface area (Å²) in [7, 11) is 0. The minimum atomic E-state index is -0.235. The maximum atomic E-state index is 12.4. The summed E-state index contributed by atoms with van der Waals surface area (Å²) in [6, 6.07) is 6.19. The van der Waals surface area contributed by atoms with E-state index in [1.54, 1.807) is 0 Å². The minimum absolute atomic E-state index is 0.0570. The van der Waals surface area contributed by atoms with Gasteiger partial charge in [0.2, 0.25) is 11.8 Å². The Balaban J connectivity index is 1.64. The van der Waals surface area contributed by atoms with E-state index in [0.717, 1.165) is 28.6 Å². The van der Waals surface area contributed by atoms with Crippen LogP contribution in [0.1, 0.15) is 37.7 Å². The molecule has 2 aliphatic rings. The number of benzene rings is 1. The number of amides is 2. The van der Waals surface area contributed by atoms with Gasteiger partial charge in [-0.05, 0) is 53.4 Å². The van der Waals surface area contributed by atoms with E-state index in [-0.39, 0.29) is 17.7 Å². The van der Waals surface area contributed by atoms with Crippen LogP contribution < -0.4 is 5.32 Å². The zero-order valence-corrected chi connectivity index (χ0v) is 14.4. The number of carbonyl (C=O) groups excluding carboxylic acids is 2. The van der Waals surface area contributed by atoms with Crippen LogP contribution in [-0.4, -0.2) is 29.3 Å². The molecule has 0 bridgehead atoms. The average molecular weight is 365 g/mol. The predicted octanol–water partition coefficient (Wildman–Crippen LogP) is 3.49. The van der Waals surface area contributed by atoms with E-state index in [1.807, 2.05) is 30.0 Å². The highest BCUT2D eigenvalue weighted by Gasteiger charge is 2.38. The number of nitrogens with one attached hydrogen (secondary N) is 1. The molecule has 0 aromatic heterocycles. The van der Waals surface area contributed by atoms with Gasteiger partial charge in [-0.15, -0.1) is 0 Å². The lowest BCUT2D eigenvalue weighted by molar-refractivity contribution is -0.129. The average Bonchev–Trinajstić information content (AvgIpc) is 3.10. The molecule has 2 fully saturated rings. The SMILES string of the molecule is Cc1ccc(NC(=O)[C@H]2CC(=O)N(C3CCCC3)C2)c(Br)c1. The molecule has 0 spiro atoms. The quantitative estimate of drug-likeness (QED) is 0.892. The van der Waals surface area contributed by atoms with Crippen LogP contribution in [0.5, 0.6) is 0 Å². The summed E-state index contributed by atoms with van der Waals surface area (Å²) in [5.41, 5.74) is 1.90. The molecule has 1 aromatic carbocycles. The summed E-state index contributed by atoms with van der Waals surface area (Å²) in [6.07, 6.45) is 4.90. The van der Waals surface area contributed by atoms with Crippen molar-refractivity contribution in [3.8, 4) is 0 Å². The molecule has 5 heteroatoms. The first-order valence-electron chi connectivity index (χ1n) is 7.91. The van der Waals surface area contributed by atoms with Crippen molar-refractivity contribution >= 4 is 33.4 Å². The molecule has 1 N–H and O–H groups in total. The number of anilines is 1. The van der Waals surface area contributed by atoms with Gasteiger partial charge in [0.15, 0.2) is 0 Å². The zero-order chi connectivity index (χ0) is 15.7. The predicted molar refractivity (Wildman–Crippen MR) is 89.6 cm³/mol. The Morgan fingerprint density at radius 2 is 2.05 bits per heavy atom. The van der Waals surface area contributed by atoms with E-state index in [4.69, 9.17) is 0 Å². The molecule has 0 radical (unpaired) electrons. The molecule has 3 rings (SSSR count). The fourth-order valence-electron chi connectivity index (χ4n) is 3.43. The Morgan fingerprint density at radius 3 is 2.73 bits per heavy atom. The lowest BCUT2D eigenvalue weighted by Crippen LogP contribution is -2.35. The molecular formula is C17H21BrN2O2. The monoisotopic (exact) mass is 364 g/mol. The van der Waals surface area contributed by atoms with Crippen molar-refractivity contribution in [1.82, 2.24) is 4.90 Å². The van der Waals surface area contributed by atoms with Gasteiger partial charge in [-0.2, -0.15) is 0 Å². The van der Waals surface area contributed by atoms with Crippen LogP contribution in [0.15, 0.2) is 22.7 Å². The van der Waals surface area contributed by atoms with Crippen molar-refractivity contribution in [1.29, 1.82) is 0 Å². The van der Waals surface area contributed by atoms with Gasteiger partial charge in [0.1, 0.15) is 0 Å². The number of hydrogen-bond acceptors (Lipinski definition) is 2. The molecule has 0 unspecified atom stereocenters. The number of carbonyl (C=O) groups is 2. The van der Waals surface area contributed by atoms with Crippen molar-refractivity contribution < 1.29 is 9.59 Å². The van der Waals surface area contributed by atoms with Crippen LogP contribution in [0.4, 0.5) is 5.69 Å². The molecule has 1 saturated carbocycles. The van der Waals surface area contributed by atoms with Gasteiger partial charge in [-0.1, -0.05) is 18.9 Å². The zero-order valence-electron chi connectivity index (χ0n) is 12.8. The normalized spacial score (nSPS) is 22.4. The number of hydrogen-bond donors (Lipinski definition) is 1. The van der Waals surface area contributed by atoms with Crippen molar-refractivity contribution in [2.45, 2.75) is 45.1 Å². The van der Waals surface area contributed by atoms with E-state index < -0.39 is 0 Å². The summed E-state index contributed by atoms with van der Waals surface area (Å²) in [5.74, 6) is -0.158. The molecule has 1 saturated heterocycles. The van der Waals surface area contributed by atoms with Crippen LogP contribution >= 0.6 is 15.9 Å². The van der Waals surface area contributed by atoms with Crippen LogP contribution in [0.3, 0.4) is 0 Å². The topological polar surface area (TPSA) is 49.4 Å². The van der Waals surface area contributed by atoms with Crippen molar-refractivity contribution in [3.05, 3.63) is 28.2 Å². The fraction of sp³-hybridized carbons (Fsp3) is 0.529. The maximum absolute atomic E-state index is 12.4. The Kier molecular flexibility index (Phi) is 4.52. The summed E-state index contributed by atoms with van der Waals surface area (Å²) in [6.45, 7) is 2.57. The first-order chi connectivity index (χ1) is 10.5. The largest absolute Gasteiger partial charge is 0.339 e. The van der Waals surface area contributed by atoms with Crippen molar-refractivity contribution in [2.24, 2.45) is 5.92 Å². The Morgan fingerprint density at radius 1 is 1.32 bits per heavy atom. The Bertz CT molecular complexity index is 596. The van der Waals surface area contributed by atoms with Gasteiger partial charge in [-0.3, -0.25) is 9.59 Å². The molecule has 1 heterocycles. The van der Waals surface area contributed by atoms with Gasteiger partial charge in [-0.25, -0.2) is 0 Å². The summed E-state index contributed by atoms with van der Waals surface area (Å²) >= 11 is 3.47. The molecule has 22 heavy (non-hydrogen) atoms. The van der Waals surface area contributed by atoms with Gasteiger partial charge in [0, 0.05) is 23.5 Å². The number of aryl methyl sites for hydroxylation is 1. The first-order valence-corrected chi connectivity index (χ1v) is 8.70. The molecule has 2 amide bonds. The molecular weight excluding hydrogens is 344 g/mol. The van der Waals surface area contributed by atoms with Crippen LogP contribution in [0.2, 0.25) is 0 Å². The molecule has 1 atom stereocenters. The molecule has 1 aromatic rings. The third-order valence-electron chi connectivity index (χ3n) is 4.68. The molecule has 1 aliphatic heterocycles. The number of likely N-dealkylation sites (tertiary alicyclic amines) is 1. The lowest BCUT2D eigenvalue weighted by atomic mass is 10.1. The fourth-order valence-corrected chi connectivity index (χ4v) is 4.02. The summed E-state index contributed by atoms with van der Waals surface area (Å²) in [5, 5.41) is 2.95. The third kappa shape index (κ3) is 3.19. The Hall–Kier alpha value is -1.36. The van der Waals surface area contributed by atoms with Crippen LogP contribution in [0, 0.1) is 12.8 Å². The molecule has 118 valence electrons. The highest BCUT2D eigenvalue weighted by molar-refractivity contribution is 9.10. The number of nitrogens with zero attached hydrogens (tertiary/aromatic N) is 1. The minimum Gasteiger partial charge on any atom is -0.339 e. The second kappa shape index (κ2) is 6.41. The standard InChI is InChI=1S/C17H21BrN2O2/c1-11-6-7-15(14(18)8-11)19-17(22)12-9-16(21)20(10-12)13-4-2-3-5-13/h6-8,12-13H,2-5,9-10H2,1H3,(H,19,22)/t12-/m0/s1. The van der Waals surface area contributed by atoms with Gasteiger partial charge >= 0.3 is 0 Å². The van der Waals surface area contributed by atoms with E-state index >= 15 is 0 Å². The van der Waals surface area contributed by atoms with E-state index in [1.165, 1.54) is 12.8 Å². The second-order valence-electron chi connectivity index (χ2n) is 6.36. The van der Waals surface area contributed by atoms with Crippen molar-refractivity contribution in [2.75, 3.05) is 11.9 Å². The third-order valence-corrected chi connectivity index (χ3v) is 5.33. The highest BCUT2D eigenvalue weighted by atomic mass is 79.9. The van der Waals surface area contributed by atoms with E-state index in [2.05, 4.69) is 21.2 Å². The lowest BCUT2D eigenvalue weighted by Gasteiger charge is -2.23. The maximum Gasteiger partial charge on any atom is 0.229 e. The van der Waals surface area contributed by atoms with Crippen LogP contribution in [-0.2, 0) is 9.59 Å². The highest BCUT2D eigenvalue weighted by Crippen LogP contribution is 2.30. The Labute approximate surface area is 139 Å². The van der Waals surface area contributed by atoms with Crippen molar-refractivity contribution in [3.63, 3.8) is 0 Å². The van der Waals surface area contributed by atoms with Gasteiger partial charge in [0.05, 0.1) is 11.6 Å². The second-order valence-corrected chi connectivity index (χ2v) is 7.21. The molecule has 4 nitrogen and oxygen atoms in total. The van der Waals surface area contributed by atoms with Gasteiger partial charge < -0.3 is 10.2 Å². The summed E-state index contributed by atoms with van der Waals surface area (Å²) in [4.78, 5) is 26.6. The first kappa shape index (κ1) is 15.5.